The lowest BCUT2D eigenvalue weighted by Crippen LogP contribution is -2.41. The Morgan fingerprint density at radius 3 is 2.50 bits per heavy atom. The van der Waals surface area contributed by atoms with Crippen molar-refractivity contribution in [2.45, 2.75) is 33.6 Å². The first-order valence-corrected chi connectivity index (χ1v) is 13.7. The SMILES string of the molecule is Cc1ccc2nc(-c3ccc(NC(=O)C4CCCN(c5ccc(-n6nc(C)cc6C)nn5)C4)cc3)sc2c1. The summed E-state index contributed by atoms with van der Waals surface area (Å²) < 4.78 is 2.98. The molecule has 5 aromatic rings. The molecule has 9 heteroatoms. The van der Waals surface area contributed by atoms with Crippen LogP contribution in [0.3, 0.4) is 0 Å². The second kappa shape index (κ2) is 9.98. The minimum absolute atomic E-state index is 0.0325. The number of benzene rings is 2. The van der Waals surface area contributed by atoms with Crippen molar-refractivity contribution in [1.29, 1.82) is 0 Å². The molecule has 38 heavy (non-hydrogen) atoms. The predicted molar refractivity (Wildman–Crippen MR) is 152 cm³/mol. The lowest BCUT2D eigenvalue weighted by Gasteiger charge is -2.32. The molecule has 3 aromatic heterocycles. The number of nitrogens with zero attached hydrogens (tertiary/aromatic N) is 6. The Morgan fingerprint density at radius 1 is 0.974 bits per heavy atom. The summed E-state index contributed by atoms with van der Waals surface area (Å²) in [7, 11) is 0. The maximum absolute atomic E-state index is 13.1. The largest absolute Gasteiger partial charge is 0.354 e. The summed E-state index contributed by atoms with van der Waals surface area (Å²) in [5.41, 5.74) is 6.05. The van der Waals surface area contributed by atoms with Gasteiger partial charge in [0.25, 0.3) is 0 Å². The van der Waals surface area contributed by atoms with Crippen LogP contribution >= 0.6 is 11.3 Å². The molecule has 2 aromatic carbocycles. The van der Waals surface area contributed by atoms with E-state index in [-0.39, 0.29) is 11.8 Å². The van der Waals surface area contributed by atoms with Gasteiger partial charge in [0, 0.05) is 30.0 Å². The van der Waals surface area contributed by atoms with Crippen molar-refractivity contribution in [3.8, 4) is 16.4 Å². The maximum atomic E-state index is 13.1. The lowest BCUT2D eigenvalue weighted by atomic mass is 9.97. The number of hydrogen-bond donors (Lipinski definition) is 1. The summed E-state index contributed by atoms with van der Waals surface area (Å²) in [6.07, 6.45) is 1.78. The maximum Gasteiger partial charge on any atom is 0.229 e. The molecule has 0 bridgehead atoms. The summed E-state index contributed by atoms with van der Waals surface area (Å²) in [5.74, 6) is 1.39. The first-order valence-electron chi connectivity index (χ1n) is 12.8. The molecule has 0 aliphatic carbocycles. The highest BCUT2D eigenvalue weighted by Gasteiger charge is 2.27. The van der Waals surface area contributed by atoms with Crippen molar-refractivity contribution in [3.63, 3.8) is 0 Å². The fourth-order valence-electron chi connectivity index (χ4n) is 4.96. The zero-order chi connectivity index (χ0) is 26.2. The third kappa shape index (κ3) is 4.89. The molecule has 1 N–H and O–H groups in total. The van der Waals surface area contributed by atoms with E-state index in [1.54, 1.807) is 16.0 Å². The average molecular weight is 524 g/mol. The molecule has 192 valence electrons. The van der Waals surface area contributed by atoms with Crippen molar-refractivity contribution in [2.24, 2.45) is 5.92 Å². The number of rotatable bonds is 5. The third-order valence-electron chi connectivity index (χ3n) is 6.92. The minimum Gasteiger partial charge on any atom is -0.354 e. The molecule has 1 atom stereocenters. The average Bonchev–Trinajstić information content (AvgIpc) is 3.51. The van der Waals surface area contributed by atoms with Crippen LogP contribution in [0.2, 0.25) is 0 Å². The van der Waals surface area contributed by atoms with Crippen molar-refractivity contribution in [3.05, 3.63) is 77.6 Å². The van der Waals surface area contributed by atoms with Gasteiger partial charge in [-0.05, 0) is 93.8 Å². The molecule has 8 nitrogen and oxygen atoms in total. The lowest BCUT2D eigenvalue weighted by molar-refractivity contribution is -0.120. The summed E-state index contributed by atoms with van der Waals surface area (Å²) >= 11 is 1.69. The molecular weight excluding hydrogens is 494 g/mol. The number of thiazole rings is 1. The van der Waals surface area contributed by atoms with E-state index in [1.165, 1.54) is 10.3 Å². The van der Waals surface area contributed by atoms with Crippen LogP contribution in [-0.4, -0.2) is 44.0 Å². The van der Waals surface area contributed by atoms with E-state index in [4.69, 9.17) is 4.98 Å². The van der Waals surface area contributed by atoms with Gasteiger partial charge in [-0.1, -0.05) is 6.07 Å². The van der Waals surface area contributed by atoms with Gasteiger partial charge in [-0.2, -0.15) is 5.10 Å². The van der Waals surface area contributed by atoms with E-state index in [2.05, 4.69) is 50.6 Å². The minimum atomic E-state index is -0.117. The molecule has 1 aliphatic heterocycles. The first kappa shape index (κ1) is 24.2. The molecule has 0 saturated carbocycles. The summed E-state index contributed by atoms with van der Waals surface area (Å²) in [4.78, 5) is 20.0. The van der Waals surface area contributed by atoms with Gasteiger partial charge in [0.2, 0.25) is 5.91 Å². The first-order chi connectivity index (χ1) is 18.4. The number of aryl methyl sites for hydroxylation is 3. The molecule has 1 aliphatic rings. The number of nitrogens with one attached hydrogen (secondary N) is 1. The van der Waals surface area contributed by atoms with Gasteiger partial charge in [-0.25, -0.2) is 9.67 Å². The van der Waals surface area contributed by atoms with Crippen molar-refractivity contribution >= 4 is 39.0 Å². The zero-order valence-corrected chi connectivity index (χ0v) is 22.5. The molecule has 0 spiro atoms. The van der Waals surface area contributed by atoms with Gasteiger partial charge >= 0.3 is 0 Å². The highest BCUT2D eigenvalue weighted by atomic mass is 32.1. The van der Waals surface area contributed by atoms with E-state index in [0.29, 0.717) is 12.4 Å². The fourth-order valence-corrected chi connectivity index (χ4v) is 6.02. The van der Waals surface area contributed by atoms with E-state index < -0.39 is 0 Å². The molecule has 1 saturated heterocycles. The quantitative estimate of drug-likeness (QED) is 0.317. The molecule has 1 fully saturated rings. The van der Waals surface area contributed by atoms with Crippen LogP contribution in [-0.2, 0) is 4.79 Å². The van der Waals surface area contributed by atoms with E-state index in [0.717, 1.165) is 58.4 Å². The predicted octanol–water partition coefficient (Wildman–Crippen LogP) is 5.72. The molecule has 4 heterocycles. The molecule has 1 amide bonds. The topological polar surface area (TPSA) is 88.8 Å². The van der Waals surface area contributed by atoms with Crippen LogP contribution in [0, 0.1) is 26.7 Å². The van der Waals surface area contributed by atoms with Gasteiger partial charge in [0.05, 0.1) is 21.8 Å². The van der Waals surface area contributed by atoms with Crippen LogP contribution in [0.25, 0.3) is 26.6 Å². The standard InChI is InChI=1S/C29H29N7OS/c1-18-6-11-24-25(15-18)38-29(31-24)21-7-9-23(10-8-21)30-28(37)22-5-4-14-35(17-22)26-12-13-27(33-32-26)36-20(3)16-19(2)34-36/h6-13,15-16,22H,4-5,14,17H2,1-3H3,(H,30,37). The fraction of sp³-hybridized carbons (Fsp3) is 0.276. The Balaban J connectivity index is 1.10. The highest BCUT2D eigenvalue weighted by Crippen LogP contribution is 2.31. The van der Waals surface area contributed by atoms with Crippen LogP contribution in [0.4, 0.5) is 11.5 Å². The van der Waals surface area contributed by atoms with Gasteiger partial charge in [0.1, 0.15) is 5.01 Å². The van der Waals surface area contributed by atoms with Crippen LogP contribution < -0.4 is 10.2 Å². The zero-order valence-electron chi connectivity index (χ0n) is 21.7. The Hall–Kier alpha value is -4.11. The number of anilines is 2. The molecule has 1 unspecified atom stereocenters. The number of carbonyl (C=O) groups is 1. The van der Waals surface area contributed by atoms with Crippen molar-refractivity contribution < 1.29 is 4.79 Å². The molecule has 0 radical (unpaired) electrons. The Morgan fingerprint density at radius 2 is 1.76 bits per heavy atom. The monoisotopic (exact) mass is 523 g/mol. The number of carbonyl (C=O) groups excluding carboxylic acids is 1. The molecule has 6 rings (SSSR count). The van der Waals surface area contributed by atoms with E-state index in [1.807, 2.05) is 56.3 Å². The number of hydrogen-bond acceptors (Lipinski definition) is 7. The summed E-state index contributed by atoms with van der Waals surface area (Å²) in [5, 5.41) is 17.4. The number of piperidine rings is 1. The summed E-state index contributed by atoms with van der Waals surface area (Å²) in [6.45, 7) is 7.52. The number of aromatic nitrogens is 5. The Kier molecular flexibility index (Phi) is 6.37. The van der Waals surface area contributed by atoms with Crippen molar-refractivity contribution in [1.82, 2.24) is 25.0 Å². The van der Waals surface area contributed by atoms with Crippen LogP contribution in [0.1, 0.15) is 29.8 Å². The second-order valence-corrected chi connectivity index (χ2v) is 11.0. The normalized spacial score (nSPS) is 15.7. The third-order valence-corrected chi connectivity index (χ3v) is 7.99. The van der Waals surface area contributed by atoms with Gasteiger partial charge < -0.3 is 10.2 Å². The van der Waals surface area contributed by atoms with E-state index in [9.17, 15) is 4.79 Å². The van der Waals surface area contributed by atoms with Gasteiger partial charge in [-0.15, -0.1) is 21.5 Å². The number of amides is 1. The highest BCUT2D eigenvalue weighted by molar-refractivity contribution is 7.21. The van der Waals surface area contributed by atoms with Crippen molar-refractivity contribution in [2.75, 3.05) is 23.3 Å². The van der Waals surface area contributed by atoms with Crippen LogP contribution in [0.5, 0.6) is 0 Å². The second-order valence-electron chi connectivity index (χ2n) is 9.93. The Bertz CT molecular complexity index is 1600. The van der Waals surface area contributed by atoms with Gasteiger partial charge in [-0.3, -0.25) is 4.79 Å². The van der Waals surface area contributed by atoms with Crippen LogP contribution in [0.15, 0.2) is 60.7 Å². The molecular formula is C29H29N7OS. The Labute approximate surface area is 225 Å². The summed E-state index contributed by atoms with van der Waals surface area (Å²) in [6, 6.07) is 20.2. The smallest absolute Gasteiger partial charge is 0.229 e. The van der Waals surface area contributed by atoms with Gasteiger partial charge in [0.15, 0.2) is 11.6 Å². The number of fused-ring (bicyclic) bond motifs is 1. The van der Waals surface area contributed by atoms with E-state index >= 15 is 0 Å².